The van der Waals surface area contributed by atoms with Crippen molar-refractivity contribution < 1.29 is 18.0 Å². The quantitative estimate of drug-likeness (QED) is 0.702. The predicted octanol–water partition coefficient (Wildman–Crippen LogP) is 2.88. The lowest BCUT2D eigenvalue weighted by molar-refractivity contribution is -0.132. The van der Waals surface area contributed by atoms with E-state index < -0.39 is 10.0 Å². The van der Waals surface area contributed by atoms with E-state index in [1.54, 1.807) is 29.2 Å². The van der Waals surface area contributed by atoms with Gasteiger partial charge in [-0.25, -0.2) is 8.42 Å². The van der Waals surface area contributed by atoms with Crippen LogP contribution in [0.1, 0.15) is 44.6 Å². The summed E-state index contributed by atoms with van der Waals surface area (Å²) >= 11 is 0. The van der Waals surface area contributed by atoms with Gasteiger partial charge >= 0.3 is 0 Å². The summed E-state index contributed by atoms with van der Waals surface area (Å²) in [6.45, 7) is 11.1. The Bertz CT molecular complexity index is 1120. The van der Waals surface area contributed by atoms with Crippen molar-refractivity contribution in [2.24, 2.45) is 0 Å². The minimum Gasteiger partial charge on any atom is -0.352 e. The molecule has 0 saturated carbocycles. The van der Waals surface area contributed by atoms with Gasteiger partial charge in [-0.15, -0.1) is 0 Å². The Hall–Kier alpha value is -2.71. The summed E-state index contributed by atoms with van der Waals surface area (Å²) in [5.74, 6) is -0.302. The number of nitrogens with zero attached hydrogens (tertiary/aromatic N) is 2. The van der Waals surface area contributed by atoms with E-state index in [1.807, 2.05) is 40.7 Å². The van der Waals surface area contributed by atoms with Crippen LogP contribution in [-0.4, -0.2) is 62.2 Å². The van der Waals surface area contributed by atoms with Crippen molar-refractivity contribution in [2.45, 2.75) is 45.9 Å². The molecule has 178 valence electrons. The summed E-state index contributed by atoms with van der Waals surface area (Å²) in [4.78, 5) is 26.8. The maximum Gasteiger partial charge on any atom is 0.251 e. The molecule has 0 aliphatic carbocycles. The number of nitrogens with one attached hydrogen (secondary N) is 1. The molecule has 8 heteroatoms. The van der Waals surface area contributed by atoms with Crippen LogP contribution < -0.4 is 5.32 Å². The Morgan fingerprint density at radius 1 is 0.818 bits per heavy atom. The minimum atomic E-state index is -3.65. The molecular weight excluding hydrogens is 438 g/mol. The number of carbonyl (C=O) groups is 2. The molecule has 0 unspecified atom stereocenters. The lowest BCUT2D eigenvalue weighted by Crippen LogP contribution is -2.51. The molecule has 1 heterocycles. The number of benzene rings is 2. The molecule has 0 spiro atoms. The van der Waals surface area contributed by atoms with Crippen molar-refractivity contribution in [3.05, 3.63) is 63.7 Å². The molecule has 1 aliphatic rings. The third-order valence-corrected chi connectivity index (χ3v) is 8.95. The lowest BCUT2D eigenvalue weighted by Gasteiger charge is -2.35. The Morgan fingerprint density at radius 2 is 1.33 bits per heavy atom. The van der Waals surface area contributed by atoms with Crippen LogP contribution in [0.2, 0.25) is 0 Å². The van der Waals surface area contributed by atoms with E-state index in [1.165, 1.54) is 4.31 Å². The van der Waals surface area contributed by atoms with Gasteiger partial charge in [-0.1, -0.05) is 18.2 Å². The molecule has 0 atom stereocenters. The van der Waals surface area contributed by atoms with Crippen LogP contribution in [0.4, 0.5) is 0 Å². The zero-order chi connectivity index (χ0) is 24.3. The second-order valence-electron chi connectivity index (χ2n) is 8.61. The van der Waals surface area contributed by atoms with E-state index in [-0.39, 0.29) is 37.9 Å². The first-order chi connectivity index (χ1) is 15.6. The van der Waals surface area contributed by atoms with E-state index in [9.17, 15) is 18.0 Å². The van der Waals surface area contributed by atoms with E-state index in [4.69, 9.17) is 0 Å². The third-order valence-electron chi connectivity index (χ3n) is 6.78. The van der Waals surface area contributed by atoms with Crippen LogP contribution in [-0.2, 0) is 14.8 Å². The molecule has 2 aromatic rings. The molecule has 2 aromatic carbocycles. The molecule has 0 bridgehead atoms. The monoisotopic (exact) mass is 471 g/mol. The Morgan fingerprint density at radius 3 is 1.88 bits per heavy atom. The highest BCUT2D eigenvalue weighted by atomic mass is 32.2. The number of hydrogen-bond donors (Lipinski definition) is 1. The molecule has 33 heavy (non-hydrogen) atoms. The van der Waals surface area contributed by atoms with Crippen LogP contribution in [0.15, 0.2) is 35.2 Å². The molecule has 0 radical (unpaired) electrons. The number of hydrogen-bond acceptors (Lipinski definition) is 4. The molecule has 1 saturated heterocycles. The summed E-state index contributed by atoms with van der Waals surface area (Å²) in [7, 11) is -3.65. The average Bonchev–Trinajstić information content (AvgIpc) is 2.82. The van der Waals surface area contributed by atoms with Gasteiger partial charge in [0, 0.05) is 44.7 Å². The van der Waals surface area contributed by atoms with Crippen LogP contribution in [0, 0.1) is 34.6 Å². The van der Waals surface area contributed by atoms with Gasteiger partial charge in [-0.3, -0.25) is 9.59 Å². The predicted molar refractivity (Wildman–Crippen MR) is 129 cm³/mol. The Labute approximate surface area is 196 Å². The van der Waals surface area contributed by atoms with Gasteiger partial charge in [0.2, 0.25) is 15.9 Å². The fourth-order valence-corrected chi connectivity index (χ4v) is 6.27. The van der Waals surface area contributed by atoms with E-state index in [0.29, 0.717) is 23.5 Å². The van der Waals surface area contributed by atoms with Crippen molar-refractivity contribution in [1.82, 2.24) is 14.5 Å². The van der Waals surface area contributed by atoms with Crippen LogP contribution in [0.5, 0.6) is 0 Å². The molecule has 7 nitrogen and oxygen atoms in total. The second kappa shape index (κ2) is 10.1. The summed E-state index contributed by atoms with van der Waals surface area (Å²) in [5.41, 5.74) is 5.27. The first kappa shape index (κ1) is 24.9. The van der Waals surface area contributed by atoms with Crippen LogP contribution in [0.25, 0.3) is 0 Å². The van der Waals surface area contributed by atoms with E-state index >= 15 is 0 Å². The maximum atomic E-state index is 13.5. The van der Waals surface area contributed by atoms with Gasteiger partial charge in [0.1, 0.15) is 0 Å². The fourth-order valence-electron chi connectivity index (χ4n) is 4.29. The Kier molecular flexibility index (Phi) is 7.59. The van der Waals surface area contributed by atoms with Crippen molar-refractivity contribution in [1.29, 1.82) is 0 Å². The van der Waals surface area contributed by atoms with Crippen molar-refractivity contribution >= 4 is 21.8 Å². The number of amides is 2. The van der Waals surface area contributed by atoms with Crippen LogP contribution in [0.3, 0.4) is 0 Å². The van der Waals surface area contributed by atoms with Crippen LogP contribution >= 0.6 is 0 Å². The number of piperazine rings is 1. The maximum absolute atomic E-state index is 13.5. The molecule has 1 N–H and O–H groups in total. The fraction of sp³-hybridized carbons (Fsp3) is 0.440. The van der Waals surface area contributed by atoms with Crippen molar-refractivity contribution in [3.63, 3.8) is 0 Å². The molecule has 3 rings (SSSR count). The van der Waals surface area contributed by atoms with Gasteiger partial charge in [-0.05, 0) is 74.6 Å². The second-order valence-corrected chi connectivity index (χ2v) is 10.5. The summed E-state index contributed by atoms with van der Waals surface area (Å²) < 4.78 is 28.4. The average molecular weight is 472 g/mol. The first-order valence-corrected chi connectivity index (χ1v) is 12.7. The molecule has 1 fully saturated rings. The first-order valence-electron chi connectivity index (χ1n) is 11.2. The van der Waals surface area contributed by atoms with Gasteiger partial charge in [-0.2, -0.15) is 4.31 Å². The highest BCUT2D eigenvalue weighted by molar-refractivity contribution is 7.89. The molecule has 0 aromatic heterocycles. The summed E-state index contributed by atoms with van der Waals surface area (Å²) in [6, 6.07) is 8.85. The zero-order valence-electron chi connectivity index (χ0n) is 20.1. The van der Waals surface area contributed by atoms with E-state index in [2.05, 4.69) is 5.32 Å². The standard InChI is InChI=1S/C25H33N3O4S/c1-17-18(2)20(4)24(21(5)19(17)3)33(31,32)28-15-13-27(14-16-28)23(29)11-12-26-25(30)22-9-7-6-8-10-22/h6-10H,11-16H2,1-5H3,(H,26,30). The smallest absolute Gasteiger partial charge is 0.251 e. The zero-order valence-corrected chi connectivity index (χ0v) is 20.9. The number of rotatable bonds is 6. The largest absolute Gasteiger partial charge is 0.352 e. The SMILES string of the molecule is Cc1c(C)c(C)c(S(=O)(=O)N2CCN(C(=O)CCNC(=O)c3ccccc3)CC2)c(C)c1C. The van der Waals surface area contributed by atoms with Crippen molar-refractivity contribution in [3.8, 4) is 0 Å². The normalized spacial score (nSPS) is 14.9. The van der Waals surface area contributed by atoms with Gasteiger partial charge in [0.15, 0.2) is 0 Å². The van der Waals surface area contributed by atoms with Gasteiger partial charge in [0.25, 0.3) is 5.91 Å². The third kappa shape index (κ3) is 5.12. The topological polar surface area (TPSA) is 86.8 Å². The van der Waals surface area contributed by atoms with Gasteiger partial charge < -0.3 is 10.2 Å². The number of carbonyl (C=O) groups excluding carboxylic acids is 2. The molecule has 2 amide bonds. The lowest BCUT2D eigenvalue weighted by atomic mass is 9.95. The summed E-state index contributed by atoms with van der Waals surface area (Å²) in [6.07, 6.45) is 0.180. The highest BCUT2D eigenvalue weighted by Crippen LogP contribution is 2.31. The highest BCUT2D eigenvalue weighted by Gasteiger charge is 2.33. The minimum absolute atomic E-state index is 0.0882. The molecule has 1 aliphatic heterocycles. The van der Waals surface area contributed by atoms with Gasteiger partial charge in [0.05, 0.1) is 4.90 Å². The van der Waals surface area contributed by atoms with E-state index in [0.717, 1.165) is 27.8 Å². The summed E-state index contributed by atoms with van der Waals surface area (Å²) in [5, 5.41) is 2.76. The number of sulfonamides is 1. The Balaban J connectivity index is 1.59. The van der Waals surface area contributed by atoms with Crippen molar-refractivity contribution in [2.75, 3.05) is 32.7 Å². The molecular formula is C25H33N3O4S.